The van der Waals surface area contributed by atoms with Gasteiger partial charge < -0.3 is 9.32 Å². The maximum Gasteiger partial charge on any atom is 0.307 e. The zero-order valence-corrected chi connectivity index (χ0v) is 20.2. The maximum absolute atomic E-state index is 12.5. The molecule has 1 amide bonds. The topological polar surface area (TPSA) is 57.8 Å². The van der Waals surface area contributed by atoms with Gasteiger partial charge in [0.1, 0.15) is 5.58 Å². The number of carbonyl (C=O) groups excluding carboxylic acids is 1. The van der Waals surface area contributed by atoms with Crippen LogP contribution in [0.5, 0.6) is 0 Å². The second kappa shape index (κ2) is 8.15. The summed E-state index contributed by atoms with van der Waals surface area (Å²) in [6.07, 6.45) is 2.82. The molecule has 162 valence electrons. The van der Waals surface area contributed by atoms with Crippen molar-refractivity contribution in [3.63, 3.8) is 0 Å². The minimum absolute atomic E-state index is 0.138. The second-order valence-corrected chi connectivity index (χ2v) is 9.84. The van der Waals surface area contributed by atoms with Crippen molar-refractivity contribution in [1.29, 1.82) is 0 Å². The van der Waals surface area contributed by atoms with E-state index in [0.717, 1.165) is 34.0 Å². The Hall–Kier alpha value is -2.60. The third-order valence-corrected chi connectivity index (χ3v) is 6.65. The number of carbonyl (C=O) groups is 1. The summed E-state index contributed by atoms with van der Waals surface area (Å²) in [5, 5.41) is 5.07. The van der Waals surface area contributed by atoms with Crippen molar-refractivity contribution in [2.24, 2.45) is 5.10 Å². The molecule has 0 aliphatic carbocycles. The van der Waals surface area contributed by atoms with Gasteiger partial charge in [-0.15, -0.1) is 0 Å². The lowest BCUT2D eigenvalue weighted by atomic mass is 9.79. The van der Waals surface area contributed by atoms with Gasteiger partial charge in [-0.3, -0.25) is 4.79 Å². The SMILES string of the molecule is CCN1c2cc(C)c(/C=N/NC(=O)c3cc4cc(Br)ccc4o3)cc2C(C)CC1(C)C. The average Bonchev–Trinajstić information content (AvgIpc) is 3.11. The number of hydrazone groups is 1. The van der Waals surface area contributed by atoms with E-state index in [0.29, 0.717) is 11.5 Å². The molecule has 31 heavy (non-hydrogen) atoms. The first-order chi connectivity index (χ1) is 14.7. The van der Waals surface area contributed by atoms with E-state index in [2.05, 4.69) is 78.1 Å². The molecule has 0 fully saturated rings. The first-order valence-electron chi connectivity index (χ1n) is 10.6. The van der Waals surface area contributed by atoms with Crippen molar-refractivity contribution < 1.29 is 9.21 Å². The van der Waals surface area contributed by atoms with Gasteiger partial charge in [-0.25, -0.2) is 5.43 Å². The molecule has 1 unspecified atom stereocenters. The summed E-state index contributed by atoms with van der Waals surface area (Å²) in [7, 11) is 0. The van der Waals surface area contributed by atoms with Crippen LogP contribution in [-0.4, -0.2) is 24.2 Å². The molecule has 0 spiro atoms. The highest BCUT2D eigenvalue weighted by molar-refractivity contribution is 9.10. The van der Waals surface area contributed by atoms with Crippen LogP contribution in [0.4, 0.5) is 5.69 Å². The van der Waals surface area contributed by atoms with Gasteiger partial charge in [0, 0.05) is 27.6 Å². The summed E-state index contributed by atoms with van der Waals surface area (Å²) >= 11 is 3.43. The monoisotopic (exact) mass is 481 g/mol. The molecule has 3 aromatic rings. The predicted octanol–water partition coefficient (Wildman–Crippen LogP) is 6.38. The van der Waals surface area contributed by atoms with Crippen LogP contribution in [0.2, 0.25) is 0 Å². The highest BCUT2D eigenvalue weighted by Crippen LogP contribution is 2.44. The van der Waals surface area contributed by atoms with Gasteiger partial charge in [0.15, 0.2) is 5.76 Å². The predicted molar refractivity (Wildman–Crippen MR) is 130 cm³/mol. The summed E-state index contributed by atoms with van der Waals surface area (Å²) in [5.41, 5.74) is 8.18. The molecule has 2 aromatic carbocycles. The Labute approximate surface area is 191 Å². The highest BCUT2D eigenvalue weighted by Gasteiger charge is 2.35. The van der Waals surface area contributed by atoms with Gasteiger partial charge in [-0.05, 0) is 93.1 Å². The molecule has 1 atom stereocenters. The summed E-state index contributed by atoms with van der Waals surface area (Å²) in [4.78, 5) is 15.0. The van der Waals surface area contributed by atoms with E-state index in [1.807, 2.05) is 18.2 Å². The standard InChI is InChI=1S/C25H28BrN3O2/c1-6-29-21-9-15(2)18(11-20(21)16(3)13-25(29,4)5)14-27-28-24(30)23-12-17-10-19(26)7-8-22(17)31-23/h7-12,14,16H,6,13H2,1-5H3,(H,28,30)/b27-14+. The Kier molecular flexibility index (Phi) is 5.69. The van der Waals surface area contributed by atoms with Gasteiger partial charge in [0.2, 0.25) is 0 Å². The fourth-order valence-corrected chi connectivity index (χ4v) is 5.11. The van der Waals surface area contributed by atoms with E-state index in [1.54, 1.807) is 12.3 Å². The van der Waals surface area contributed by atoms with E-state index in [1.165, 1.54) is 11.3 Å². The van der Waals surface area contributed by atoms with Gasteiger partial charge in [0.05, 0.1) is 6.21 Å². The molecule has 0 radical (unpaired) electrons. The fourth-order valence-electron chi connectivity index (χ4n) is 4.73. The molecule has 4 rings (SSSR count). The van der Waals surface area contributed by atoms with Crippen molar-refractivity contribution >= 4 is 44.7 Å². The Morgan fingerprint density at radius 1 is 1.32 bits per heavy atom. The molecule has 6 heteroatoms. The van der Waals surface area contributed by atoms with Crippen LogP contribution in [0.15, 0.2) is 50.4 Å². The number of hydrogen-bond acceptors (Lipinski definition) is 4. The molecular weight excluding hydrogens is 454 g/mol. The Balaban J connectivity index is 1.55. The number of benzene rings is 2. The molecule has 0 saturated heterocycles. The van der Waals surface area contributed by atoms with Gasteiger partial charge in [0.25, 0.3) is 0 Å². The second-order valence-electron chi connectivity index (χ2n) is 8.92. The largest absolute Gasteiger partial charge is 0.451 e. The van der Waals surface area contributed by atoms with Crippen molar-refractivity contribution in [2.45, 2.75) is 52.5 Å². The number of nitrogens with one attached hydrogen (secondary N) is 1. The zero-order valence-electron chi connectivity index (χ0n) is 18.6. The smallest absolute Gasteiger partial charge is 0.307 e. The number of furan rings is 1. The van der Waals surface area contributed by atoms with Crippen molar-refractivity contribution in [1.82, 2.24) is 5.43 Å². The molecule has 5 nitrogen and oxygen atoms in total. The number of halogens is 1. The molecule has 1 aromatic heterocycles. The van der Waals surface area contributed by atoms with Crippen LogP contribution in [0.1, 0.15) is 67.3 Å². The Morgan fingerprint density at radius 2 is 2.10 bits per heavy atom. The van der Waals surface area contributed by atoms with Crippen LogP contribution in [0.3, 0.4) is 0 Å². The van der Waals surface area contributed by atoms with E-state index in [4.69, 9.17) is 4.42 Å². The molecule has 1 aliphatic rings. The molecular formula is C25H28BrN3O2. The highest BCUT2D eigenvalue weighted by atomic mass is 79.9. The normalized spacial score (nSPS) is 17.9. The number of anilines is 1. The van der Waals surface area contributed by atoms with Gasteiger partial charge in [-0.1, -0.05) is 22.9 Å². The van der Waals surface area contributed by atoms with Crippen LogP contribution in [0.25, 0.3) is 11.0 Å². The van der Waals surface area contributed by atoms with Gasteiger partial charge >= 0.3 is 5.91 Å². The molecule has 0 saturated carbocycles. The summed E-state index contributed by atoms with van der Waals surface area (Å²) in [6, 6.07) is 11.8. The minimum Gasteiger partial charge on any atom is -0.451 e. The van der Waals surface area contributed by atoms with Crippen LogP contribution < -0.4 is 10.3 Å². The summed E-state index contributed by atoms with van der Waals surface area (Å²) < 4.78 is 6.57. The third kappa shape index (κ3) is 4.13. The van der Waals surface area contributed by atoms with Crippen molar-refractivity contribution in [2.75, 3.05) is 11.4 Å². The number of fused-ring (bicyclic) bond motifs is 2. The summed E-state index contributed by atoms with van der Waals surface area (Å²) in [5.74, 6) is 0.332. The van der Waals surface area contributed by atoms with Crippen molar-refractivity contribution in [3.8, 4) is 0 Å². The molecule has 0 bridgehead atoms. The van der Waals surface area contributed by atoms with E-state index < -0.39 is 0 Å². The van der Waals surface area contributed by atoms with E-state index in [9.17, 15) is 4.79 Å². The first-order valence-corrected chi connectivity index (χ1v) is 11.4. The van der Waals surface area contributed by atoms with Crippen LogP contribution >= 0.6 is 15.9 Å². The van der Waals surface area contributed by atoms with Crippen molar-refractivity contribution in [3.05, 3.63) is 63.3 Å². The number of amides is 1. The molecule has 1 aliphatic heterocycles. The lowest BCUT2D eigenvalue weighted by Crippen LogP contribution is -2.48. The molecule has 2 heterocycles. The lowest BCUT2D eigenvalue weighted by Gasteiger charge is -2.47. The quantitative estimate of drug-likeness (QED) is 0.347. The Bertz CT molecular complexity index is 1180. The van der Waals surface area contributed by atoms with E-state index >= 15 is 0 Å². The van der Waals surface area contributed by atoms with Gasteiger partial charge in [-0.2, -0.15) is 5.10 Å². The Morgan fingerprint density at radius 3 is 2.84 bits per heavy atom. The number of hydrogen-bond donors (Lipinski definition) is 1. The zero-order chi connectivity index (χ0) is 22.3. The number of aryl methyl sites for hydroxylation is 1. The first kappa shape index (κ1) is 21.6. The minimum atomic E-state index is -0.369. The number of nitrogens with zero attached hydrogens (tertiary/aromatic N) is 2. The maximum atomic E-state index is 12.5. The average molecular weight is 482 g/mol. The lowest BCUT2D eigenvalue weighted by molar-refractivity contribution is 0.0929. The van der Waals surface area contributed by atoms with E-state index in [-0.39, 0.29) is 17.2 Å². The molecule has 1 N–H and O–H groups in total. The third-order valence-electron chi connectivity index (χ3n) is 6.16. The van der Waals surface area contributed by atoms with Crippen LogP contribution in [0, 0.1) is 6.92 Å². The fraction of sp³-hybridized carbons (Fsp3) is 0.360. The van der Waals surface area contributed by atoms with Crippen LogP contribution in [-0.2, 0) is 0 Å². The summed E-state index contributed by atoms with van der Waals surface area (Å²) in [6.45, 7) is 12.2. The number of rotatable bonds is 4.